The van der Waals surface area contributed by atoms with Crippen LogP contribution in [0.25, 0.3) is 0 Å². The molecule has 0 aliphatic rings. The summed E-state index contributed by atoms with van der Waals surface area (Å²) in [4.78, 5) is 6.96. The third kappa shape index (κ3) is 2.54. The fourth-order valence-corrected chi connectivity index (χ4v) is 0.988. The van der Waals surface area contributed by atoms with E-state index >= 15 is 0 Å². The lowest BCUT2D eigenvalue weighted by Gasteiger charge is -2.29. The standard InChI is InChI=1S/C8H13FN4O3/c9-5-1-11-7(10)12-6(5)13-8(2-14,3-15)4-16/h1,14-16H,2-4H2,(H3,10,11,12,13). The van der Waals surface area contributed by atoms with Gasteiger partial charge in [0.1, 0.15) is 5.54 Å². The third-order valence-corrected chi connectivity index (χ3v) is 2.05. The maximum absolute atomic E-state index is 13.2. The highest BCUT2D eigenvalue weighted by atomic mass is 19.1. The Morgan fingerprint density at radius 2 is 1.88 bits per heavy atom. The minimum atomic E-state index is -1.46. The number of nitrogens with zero attached hydrogens (tertiary/aromatic N) is 2. The van der Waals surface area contributed by atoms with Crippen LogP contribution in [0.2, 0.25) is 0 Å². The zero-order chi connectivity index (χ0) is 12.2. The third-order valence-electron chi connectivity index (χ3n) is 2.05. The molecule has 1 aromatic rings. The highest BCUT2D eigenvalue weighted by Gasteiger charge is 2.29. The zero-order valence-corrected chi connectivity index (χ0v) is 8.39. The van der Waals surface area contributed by atoms with Crippen molar-refractivity contribution >= 4 is 11.8 Å². The van der Waals surface area contributed by atoms with Crippen molar-refractivity contribution in [2.45, 2.75) is 5.54 Å². The molecule has 8 heteroatoms. The average Bonchev–Trinajstić information content (AvgIpc) is 2.31. The molecule has 0 radical (unpaired) electrons. The molecular weight excluding hydrogens is 219 g/mol. The molecule has 7 nitrogen and oxygen atoms in total. The number of aliphatic hydroxyl groups is 3. The number of halogens is 1. The molecule has 0 atom stereocenters. The van der Waals surface area contributed by atoms with Gasteiger partial charge in [0.25, 0.3) is 0 Å². The summed E-state index contributed by atoms with van der Waals surface area (Å²) in [5.74, 6) is -1.25. The first-order valence-electron chi connectivity index (χ1n) is 4.45. The molecule has 16 heavy (non-hydrogen) atoms. The zero-order valence-electron chi connectivity index (χ0n) is 8.39. The van der Waals surface area contributed by atoms with Crippen molar-refractivity contribution in [3.63, 3.8) is 0 Å². The van der Waals surface area contributed by atoms with Gasteiger partial charge in [0.2, 0.25) is 5.95 Å². The quantitative estimate of drug-likeness (QED) is 0.411. The number of hydrogen-bond donors (Lipinski definition) is 5. The SMILES string of the molecule is Nc1ncc(F)c(NC(CO)(CO)CO)n1. The van der Waals surface area contributed by atoms with Gasteiger partial charge in [-0.05, 0) is 0 Å². The highest BCUT2D eigenvalue weighted by Crippen LogP contribution is 2.16. The number of nitrogens with one attached hydrogen (secondary N) is 1. The van der Waals surface area contributed by atoms with Gasteiger partial charge < -0.3 is 26.4 Å². The Balaban J connectivity index is 2.97. The monoisotopic (exact) mass is 232 g/mol. The Labute approximate surface area is 90.8 Å². The molecule has 6 N–H and O–H groups in total. The molecule has 0 spiro atoms. The summed E-state index contributed by atoms with van der Waals surface area (Å²) >= 11 is 0. The van der Waals surface area contributed by atoms with Crippen LogP contribution in [0.4, 0.5) is 16.2 Å². The van der Waals surface area contributed by atoms with Gasteiger partial charge >= 0.3 is 0 Å². The van der Waals surface area contributed by atoms with Crippen molar-refractivity contribution in [1.29, 1.82) is 0 Å². The minimum Gasteiger partial charge on any atom is -0.394 e. The summed E-state index contributed by atoms with van der Waals surface area (Å²) in [5, 5.41) is 29.4. The topological polar surface area (TPSA) is 125 Å². The first-order chi connectivity index (χ1) is 7.56. The van der Waals surface area contributed by atoms with Crippen LogP contribution in [-0.2, 0) is 0 Å². The molecule has 1 rings (SSSR count). The predicted octanol–water partition coefficient (Wildman–Crippen LogP) is -1.67. The molecule has 0 amide bonds. The number of anilines is 2. The number of aliphatic hydroxyl groups excluding tert-OH is 3. The molecule has 0 unspecified atom stereocenters. The summed E-state index contributed by atoms with van der Waals surface area (Å²) in [6.07, 6.45) is 0.849. The first kappa shape index (κ1) is 12.6. The van der Waals surface area contributed by atoms with Gasteiger partial charge in [-0.3, -0.25) is 0 Å². The molecule has 0 aromatic carbocycles. The predicted molar refractivity (Wildman–Crippen MR) is 54.0 cm³/mol. The summed E-state index contributed by atoms with van der Waals surface area (Å²) in [5.41, 5.74) is 3.80. The van der Waals surface area contributed by atoms with Crippen LogP contribution in [0.3, 0.4) is 0 Å². The van der Waals surface area contributed by atoms with Crippen molar-refractivity contribution < 1.29 is 19.7 Å². The van der Waals surface area contributed by atoms with Crippen LogP contribution < -0.4 is 11.1 Å². The van der Waals surface area contributed by atoms with E-state index in [2.05, 4.69) is 15.3 Å². The van der Waals surface area contributed by atoms with Gasteiger partial charge in [-0.15, -0.1) is 0 Å². The number of hydrogen-bond acceptors (Lipinski definition) is 7. The van der Waals surface area contributed by atoms with E-state index in [0.29, 0.717) is 0 Å². The van der Waals surface area contributed by atoms with E-state index in [9.17, 15) is 4.39 Å². The molecule has 0 fully saturated rings. The minimum absolute atomic E-state index is 0.161. The van der Waals surface area contributed by atoms with Gasteiger partial charge in [0, 0.05) is 0 Å². The maximum Gasteiger partial charge on any atom is 0.222 e. The summed E-state index contributed by atoms with van der Waals surface area (Å²) in [6.45, 7) is -1.78. The molecule has 90 valence electrons. The molecular formula is C8H13FN4O3. The lowest BCUT2D eigenvalue weighted by Crippen LogP contribution is -2.49. The second-order valence-corrected chi connectivity index (χ2v) is 3.30. The number of rotatable bonds is 5. The molecule has 0 bridgehead atoms. The fraction of sp³-hybridized carbons (Fsp3) is 0.500. The molecule has 0 aliphatic heterocycles. The fourth-order valence-electron chi connectivity index (χ4n) is 0.988. The molecule has 0 aliphatic carbocycles. The Bertz CT molecular complexity index is 351. The Morgan fingerprint density at radius 1 is 1.31 bits per heavy atom. The van der Waals surface area contributed by atoms with Gasteiger partial charge in [0.05, 0.1) is 26.0 Å². The highest BCUT2D eigenvalue weighted by molar-refractivity contribution is 5.42. The Morgan fingerprint density at radius 3 is 2.38 bits per heavy atom. The van der Waals surface area contributed by atoms with Crippen LogP contribution in [0, 0.1) is 5.82 Å². The van der Waals surface area contributed by atoms with Crippen molar-refractivity contribution in [1.82, 2.24) is 9.97 Å². The summed E-state index contributed by atoms with van der Waals surface area (Å²) in [6, 6.07) is 0. The van der Waals surface area contributed by atoms with E-state index in [0.717, 1.165) is 6.20 Å². The van der Waals surface area contributed by atoms with E-state index in [1.54, 1.807) is 0 Å². The number of nitrogen functional groups attached to an aromatic ring is 1. The van der Waals surface area contributed by atoms with Crippen molar-refractivity contribution in [3.05, 3.63) is 12.0 Å². The van der Waals surface area contributed by atoms with Crippen molar-refractivity contribution in [3.8, 4) is 0 Å². The van der Waals surface area contributed by atoms with Crippen molar-refractivity contribution in [2.75, 3.05) is 30.9 Å². The largest absolute Gasteiger partial charge is 0.394 e. The molecule has 0 saturated heterocycles. The van der Waals surface area contributed by atoms with E-state index in [-0.39, 0.29) is 11.8 Å². The van der Waals surface area contributed by atoms with E-state index in [1.165, 1.54) is 0 Å². The maximum atomic E-state index is 13.2. The average molecular weight is 232 g/mol. The summed E-state index contributed by atoms with van der Waals surface area (Å²) in [7, 11) is 0. The van der Waals surface area contributed by atoms with Crippen LogP contribution in [0.5, 0.6) is 0 Å². The number of nitrogens with two attached hydrogens (primary N) is 1. The molecule has 1 heterocycles. The normalized spacial score (nSPS) is 11.5. The van der Waals surface area contributed by atoms with Gasteiger partial charge in [-0.2, -0.15) is 4.98 Å². The molecule has 1 aromatic heterocycles. The van der Waals surface area contributed by atoms with E-state index < -0.39 is 31.2 Å². The second kappa shape index (κ2) is 5.01. The first-order valence-corrected chi connectivity index (χ1v) is 4.45. The Hall–Kier alpha value is -1.51. The van der Waals surface area contributed by atoms with Crippen LogP contribution in [0.1, 0.15) is 0 Å². The lowest BCUT2D eigenvalue weighted by atomic mass is 10.0. The lowest BCUT2D eigenvalue weighted by molar-refractivity contribution is 0.0828. The number of aromatic nitrogens is 2. The van der Waals surface area contributed by atoms with E-state index in [4.69, 9.17) is 21.1 Å². The van der Waals surface area contributed by atoms with E-state index in [1.807, 2.05) is 0 Å². The van der Waals surface area contributed by atoms with Crippen molar-refractivity contribution in [2.24, 2.45) is 0 Å². The van der Waals surface area contributed by atoms with Gasteiger partial charge in [-0.25, -0.2) is 9.37 Å². The van der Waals surface area contributed by atoms with Crippen LogP contribution in [0.15, 0.2) is 6.20 Å². The Kier molecular flexibility index (Phi) is 3.93. The van der Waals surface area contributed by atoms with Gasteiger partial charge in [0.15, 0.2) is 11.6 Å². The van der Waals surface area contributed by atoms with Crippen LogP contribution >= 0.6 is 0 Å². The smallest absolute Gasteiger partial charge is 0.222 e. The van der Waals surface area contributed by atoms with Crippen LogP contribution in [-0.4, -0.2) is 50.6 Å². The second-order valence-electron chi connectivity index (χ2n) is 3.30. The summed E-state index contributed by atoms with van der Waals surface area (Å²) < 4.78 is 13.2. The van der Waals surface area contributed by atoms with Gasteiger partial charge in [-0.1, -0.05) is 0 Å². The molecule has 0 saturated carbocycles.